The van der Waals surface area contributed by atoms with Crippen molar-refractivity contribution in [3.05, 3.63) is 35.4 Å². The molecule has 2 aliphatic carbocycles. The van der Waals surface area contributed by atoms with Gasteiger partial charge < -0.3 is 19.5 Å². The Morgan fingerprint density at radius 3 is 3.09 bits per heavy atom. The molecular formula is C18H21NO3. The van der Waals surface area contributed by atoms with E-state index in [1.807, 2.05) is 6.07 Å². The molecule has 0 amide bonds. The molecule has 4 aliphatic rings. The zero-order valence-electron chi connectivity index (χ0n) is 13.0. The largest absolute Gasteiger partial charge is 0.493 e. The number of piperidine rings is 1. The smallest absolute Gasteiger partial charge is 0.166 e. The Kier molecular flexibility index (Phi) is 2.28. The van der Waals surface area contributed by atoms with Crippen molar-refractivity contribution in [2.75, 3.05) is 20.7 Å². The van der Waals surface area contributed by atoms with Crippen molar-refractivity contribution >= 4 is 0 Å². The van der Waals surface area contributed by atoms with Crippen LogP contribution >= 0.6 is 0 Å². The van der Waals surface area contributed by atoms with Gasteiger partial charge in [0.1, 0.15) is 6.10 Å². The number of nitrogens with zero attached hydrogens (tertiary/aromatic N) is 1. The fourth-order valence-corrected chi connectivity index (χ4v) is 5.45. The van der Waals surface area contributed by atoms with Gasteiger partial charge in [0.05, 0.1) is 18.1 Å². The van der Waals surface area contributed by atoms with Crippen molar-refractivity contribution in [3.8, 4) is 11.5 Å². The molecule has 22 heavy (non-hydrogen) atoms. The van der Waals surface area contributed by atoms with E-state index >= 15 is 0 Å². The highest BCUT2D eigenvalue weighted by Crippen LogP contribution is 2.64. The third kappa shape index (κ3) is 1.17. The maximum atomic E-state index is 11.7. The molecule has 0 saturated carbocycles. The molecule has 4 nitrogen and oxygen atoms in total. The maximum Gasteiger partial charge on any atom is 0.166 e. The Bertz CT molecular complexity index is 700. The van der Waals surface area contributed by atoms with Gasteiger partial charge >= 0.3 is 0 Å². The highest BCUT2D eigenvalue weighted by molar-refractivity contribution is 5.63. The van der Waals surface area contributed by atoms with Crippen molar-refractivity contribution in [3.63, 3.8) is 0 Å². The van der Waals surface area contributed by atoms with E-state index in [-0.39, 0.29) is 17.6 Å². The third-order valence-corrected chi connectivity index (χ3v) is 6.47. The molecule has 1 aromatic carbocycles. The highest BCUT2D eigenvalue weighted by atomic mass is 16.5. The molecule has 5 rings (SSSR count). The van der Waals surface area contributed by atoms with Crippen LogP contribution < -0.4 is 9.47 Å². The molecule has 0 aromatic heterocycles. The second-order valence-corrected chi connectivity index (χ2v) is 7.15. The minimum atomic E-state index is -0.746. The van der Waals surface area contributed by atoms with Crippen molar-refractivity contribution in [2.45, 2.75) is 42.4 Å². The number of likely N-dealkylation sites (tertiary alicyclic amines) is 1. The van der Waals surface area contributed by atoms with Gasteiger partial charge in [-0.2, -0.15) is 0 Å². The summed E-state index contributed by atoms with van der Waals surface area (Å²) in [6.45, 7) is 0.997. The first-order valence-electron chi connectivity index (χ1n) is 8.08. The molecule has 4 heteroatoms. The van der Waals surface area contributed by atoms with Crippen LogP contribution in [0.4, 0.5) is 0 Å². The van der Waals surface area contributed by atoms with Gasteiger partial charge in [-0.05, 0) is 50.6 Å². The van der Waals surface area contributed by atoms with Crippen molar-refractivity contribution in [1.82, 2.24) is 4.90 Å². The van der Waals surface area contributed by atoms with Gasteiger partial charge in [0.2, 0.25) is 0 Å². The summed E-state index contributed by atoms with van der Waals surface area (Å²) >= 11 is 0. The molecule has 2 heterocycles. The van der Waals surface area contributed by atoms with E-state index in [1.165, 1.54) is 11.1 Å². The lowest BCUT2D eigenvalue weighted by atomic mass is 9.50. The number of likely N-dealkylation sites (N-methyl/N-ethyl adjacent to an activating group) is 1. The predicted octanol–water partition coefficient (Wildman–Crippen LogP) is 1.65. The van der Waals surface area contributed by atoms with Crippen LogP contribution in [0.3, 0.4) is 0 Å². The zero-order chi connectivity index (χ0) is 15.1. The van der Waals surface area contributed by atoms with E-state index < -0.39 is 5.60 Å². The van der Waals surface area contributed by atoms with Crippen LogP contribution in [0.5, 0.6) is 11.5 Å². The topological polar surface area (TPSA) is 41.9 Å². The molecule has 2 bridgehead atoms. The summed E-state index contributed by atoms with van der Waals surface area (Å²) in [4.78, 5) is 2.33. The number of benzene rings is 1. The fourth-order valence-electron chi connectivity index (χ4n) is 5.45. The van der Waals surface area contributed by atoms with Gasteiger partial charge in [0.15, 0.2) is 11.5 Å². The number of aliphatic hydroxyl groups is 1. The van der Waals surface area contributed by atoms with E-state index in [0.29, 0.717) is 6.42 Å². The average Bonchev–Trinajstić information content (AvgIpc) is 2.85. The summed E-state index contributed by atoms with van der Waals surface area (Å²) in [7, 11) is 3.82. The lowest BCUT2D eigenvalue weighted by Crippen LogP contribution is -2.73. The van der Waals surface area contributed by atoms with Gasteiger partial charge in [0, 0.05) is 11.6 Å². The summed E-state index contributed by atoms with van der Waals surface area (Å²) in [5.74, 6) is 1.65. The van der Waals surface area contributed by atoms with Gasteiger partial charge in [-0.1, -0.05) is 12.1 Å². The second kappa shape index (κ2) is 3.87. The lowest BCUT2D eigenvalue weighted by molar-refractivity contribution is -0.155. The molecule has 1 spiro atoms. The summed E-state index contributed by atoms with van der Waals surface area (Å²) in [6.07, 6.45) is 6.68. The van der Waals surface area contributed by atoms with Crippen LogP contribution in [0.25, 0.3) is 0 Å². The lowest BCUT2D eigenvalue weighted by Gasteiger charge is -2.61. The van der Waals surface area contributed by atoms with Gasteiger partial charge in [-0.25, -0.2) is 0 Å². The van der Waals surface area contributed by atoms with Crippen LogP contribution in [0.2, 0.25) is 0 Å². The molecule has 4 atom stereocenters. The Morgan fingerprint density at radius 1 is 1.41 bits per heavy atom. The SMILES string of the molecule is COc1ccc2c3c1O[C@H]1C=CC[C@@]4(O)[C@@H](C2)N(C)CC[C@]314. The summed E-state index contributed by atoms with van der Waals surface area (Å²) < 4.78 is 11.8. The van der Waals surface area contributed by atoms with Crippen molar-refractivity contribution in [1.29, 1.82) is 0 Å². The van der Waals surface area contributed by atoms with Crippen LogP contribution in [-0.4, -0.2) is 48.5 Å². The normalized spacial score (nSPS) is 41.0. The molecule has 1 fully saturated rings. The predicted molar refractivity (Wildman–Crippen MR) is 82.5 cm³/mol. The molecular weight excluding hydrogens is 278 g/mol. The number of hydrogen-bond donors (Lipinski definition) is 1. The minimum Gasteiger partial charge on any atom is -0.493 e. The Balaban J connectivity index is 1.86. The number of rotatable bonds is 1. The third-order valence-electron chi connectivity index (χ3n) is 6.47. The Morgan fingerprint density at radius 2 is 2.27 bits per heavy atom. The first-order chi connectivity index (χ1) is 10.6. The first kappa shape index (κ1) is 13.0. The molecule has 0 unspecified atom stereocenters. The summed E-state index contributed by atoms with van der Waals surface area (Å²) in [5, 5.41) is 11.7. The van der Waals surface area contributed by atoms with E-state index in [9.17, 15) is 5.11 Å². The summed E-state index contributed by atoms with van der Waals surface area (Å²) in [5.41, 5.74) is 1.48. The van der Waals surface area contributed by atoms with E-state index in [4.69, 9.17) is 9.47 Å². The van der Waals surface area contributed by atoms with Crippen molar-refractivity contribution in [2.24, 2.45) is 0 Å². The van der Waals surface area contributed by atoms with E-state index in [1.54, 1.807) is 7.11 Å². The Hall–Kier alpha value is -1.52. The molecule has 2 aliphatic heterocycles. The minimum absolute atomic E-state index is 0.0761. The van der Waals surface area contributed by atoms with E-state index in [0.717, 1.165) is 30.9 Å². The quantitative estimate of drug-likeness (QED) is 0.801. The summed E-state index contributed by atoms with van der Waals surface area (Å²) in [6, 6.07) is 4.32. The van der Waals surface area contributed by atoms with E-state index in [2.05, 4.69) is 30.2 Å². The number of ether oxygens (including phenoxy) is 2. The van der Waals surface area contributed by atoms with Gasteiger partial charge in [0.25, 0.3) is 0 Å². The van der Waals surface area contributed by atoms with Gasteiger partial charge in [-0.3, -0.25) is 0 Å². The maximum absolute atomic E-state index is 11.7. The standard InChI is InChI=1S/C18H21NO3/c1-19-9-8-17-14-4-3-7-18(17,20)13(19)10-11-5-6-12(21-2)16(22-14)15(11)17/h3-6,13-14,20H,7-10H2,1-2H3/t13-,14+,17-,18-/m1/s1. The van der Waals surface area contributed by atoms with Crippen molar-refractivity contribution < 1.29 is 14.6 Å². The highest BCUT2D eigenvalue weighted by Gasteiger charge is 2.69. The molecule has 1 aromatic rings. The zero-order valence-corrected chi connectivity index (χ0v) is 13.0. The molecule has 1 saturated heterocycles. The number of hydrogen-bond acceptors (Lipinski definition) is 4. The number of methoxy groups -OCH3 is 1. The van der Waals surface area contributed by atoms with Crippen LogP contribution in [0, 0.1) is 0 Å². The van der Waals surface area contributed by atoms with Gasteiger partial charge in [-0.15, -0.1) is 0 Å². The Labute approximate surface area is 130 Å². The monoisotopic (exact) mass is 299 g/mol. The molecule has 1 N–H and O–H groups in total. The van der Waals surface area contributed by atoms with Crippen LogP contribution in [0.15, 0.2) is 24.3 Å². The molecule has 0 radical (unpaired) electrons. The fraction of sp³-hybridized carbons (Fsp3) is 0.556. The molecule has 116 valence electrons. The van der Waals surface area contributed by atoms with Crippen LogP contribution in [0.1, 0.15) is 24.0 Å². The first-order valence-corrected chi connectivity index (χ1v) is 8.08. The van der Waals surface area contributed by atoms with Crippen LogP contribution in [-0.2, 0) is 11.8 Å². The second-order valence-electron chi connectivity index (χ2n) is 7.15. The average molecular weight is 299 g/mol.